The Hall–Kier alpha value is -2.02. The Labute approximate surface area is 138 Å². The molecule has 0 unspecified atom stereocenters. The summed E-state index contributed by atoms with van der Waals surface area (Å²) in [5.41, 5.74) is 0.627. The van der Waals surface area contributed by atoms with Crippen LogP contribution in [0.4, 0.5) is 0 Å². The third-order valence-corrected chi connectivity index (χ3v) is 5.58. The number of benzene rings is 2. The van der Waals surface area contributed by atoms with Crippen molar-refractivity contribution in [1.82, 2.24) is 0 Å². The van der Waals surface area contributed by atoms with Crippen molar-refractivity contribution in [2.75, 3.05) is 6.61 Å². The monoisotopic (exact) mass is 346 g/mol. The van der Waals surface area contributed by atoms with Gasteiger partial charge in [-0.05, 0) is 23.1 Å². The Balaban J connectivity index is 1.66. The Morgan fingerprint density at radius 3 is 2.43 bits per heavy atom. The van der Waals surface area contributed by atoms with E-state index in [-0.39, 0.29) is 11.5 Å². The fraction of sp³-hybridized carbons (Fsp3) is 0.118. The third-order valence-electron chi connectivity index (χ3n) is 3.26. The van der Waals surface area contributed by atoms with Crippen LogP contribution >= 0.6 is 11.3 Å². The van der Waals surface area contributed by atoms with Gasteiger partial charge in [-0.3, -0.25) is 8.98 Å². The number of thiophene rings is 1. The molecule has 0 fully saturated rings. The lowest BCUT2D eigenvalue weighted by molar-refractivity contribution is 0.0928. The molecular weight excluding hydrogens is 332 g/mol. The van der Waals surface area contributed by atoms with Gasteiger partial charge >= 0.3 is 0 Å². The summed E-state index contributed by atoms with van der Waals surface area (Å²) in [5.74, 6) is -0.573. The number of Topliss-reactive ketones (excluding diaryl/α,β-unsaturated/α-hetero) is 1. The summed E-state index contributed by atoms with van der Waals surface area (Å²) < 4.78 is 29.7. The van der Waals surface area contributed by atoms with Crippen LogP contribution in [0.15, 0.2) is 60.7 Å². The van der Waals surface area contributed by atoms with Crippen LogP contribution in [0.5, 0.6) is 0 Å². The SMILES string of the molecule is O=C(COS(=O)(=O)Cc1ccccc1)c1cc2ccccc2s1. The van der Waals surface area contributed by atoms with Gasteiger partial charge in [-0.1, -0.05) is 48.5 Å². The van der Waals surface area contributed by atoms with Crippen molar-refractivity contribution in [3.8, 4) is 0 Å². The van der Waals surface area contributed by atoms with Gasteiger partial charge in [-0.15, -0.1) is 11.3 Å². The Bertz CT molecular complexity index is 894. The van der Waals surface area contributed by atoms with Crippen molar-refractivity contribution in [2.45, 2.75) is 5.75 Å². The van der Waals surface area contributed by atoms with E-state index in [4.69, 9.17) is 4.18 Å². The first kappa shape index (κ1) is 15.9. The van der Waals surface area contributed by atoms with Crippen molar-refractivity contribution >= 4 is 37.3 Å². The predicted molar refractivity (Wildman–Crippen MR) is 91.2 cm³/mol. The molecule has 6 heteroatoms. The van der Waals surface area contributed by atoms with E-state index in [1.807, 2.05) is 30.3 Å². The van der Waals surface area contributed by atoms with E-state index in [0.717, 1.165) is 10.1 Å². The summed E-state index contributed by atoms with van der Waals surface area (Å²) in [5, 5.41) is 0.966. The lowest BCUT2D eigenvalue weighted by Gasteiger charge is -2.04. The molecule has 0 aliphatic heterocycles. The van der Waals surface area contributed by atoms with Crippen molar-refractivity contribution in [3.63, 3.8) is 0 Å². The Kier molecular flexibility index (Phi) is 4.56. The molecule has 0 atom stereocenters. The third kappa shape index (κ3) is 4.04. The molecule has 1 aromatic heterocycles. The van der Waals surface area contributed by atoms with Crippen LogP contribution in [0.3, 0.4) is 0 Å². The van der Waals surface area contributed by atoms with E-state index in [9.17, 15) is 13.2 Å². The second-order valence-electron chi connectivity index (χ2n) is 5.02. The molecule has 0 spiro atoms. The van der Waals surface area contributed by atoms with E-state index in [2.05, 4.69) is 0 Å². The van der Waals surface area contributed by atoms with Gasteiger partial charge in [0.05, 0.1) is 4.88 Å². The number of fused-ring (bicyclic) bond motifs is 1. The van der Waals surface area contributed by atoms with E-state index < -0.39 is 16.7 Å². The lowest BCUT2D eigenvalue weighted by atomic mass is 10.2. The highest BCUT2D eigenvalue weighted by molar-refractivity contribution is 7.85. The fourth-order valence-corrected chi connectivity index (χ4v) is 4.11. The smallest absolute Gasteiger partial charge is 0.271 e. The molecule has 2 aromatic carbocycles. The maximum absolute atomic E-state index is 12.1. The zero-order valence-electron chi connectivity index (χ0n) is 12.1. The number of carbonyl (C=O) groups excluding carboxylic acids is 1. The predicted octanol–water partition coefficient (Wildman–Crippen LogP) is 3.63. The number of hydrogen-bond acceptors (Lipinski definition) is 5. The van der Waals surface area contributed by atoms with Crippen LogP contribution in [0.25, 0.3) is 10.1 Å². The first-order chi connectivity index (χ1) is 11.0. The molecular formula is C17H14O4S2. The van der Waals surface area contributed by atoms with Crippen molar-refractivity contribution in [3.05, 3.63) is 71.1 Å². The van der Waals surface area contributed by atoms with Crippen LogP contribution in [0.2, 0.25) is 0 Å². The molecule has 0 amide bonds. The molecule has 1 heterocycles. The van der Waals surface area contributed by atoms with Gasteiger partial charge in [0.1, 0.15) is 12.4 Å². The van der Waals surface area contributed by atoms with Crippen LogP contribution in [0.1, 0.15) is 15.2 Å². The maximum atomic E-state index is 12.1. The number of carbonyl (C=O) groups is 1. The normalized spacial score (nSPS) is 11.7. The minimum atomic E-state index is -3.78. The van der Waals surface area contributed by atoms with Gasteiger partial charge in [0.15, 0.2) is 5.78 Å². The molecule has 4 nitrogen and oxygen atoms in total. The average molecular weight is 346 g/mol. The summed E-state index contributed by atoms with van der Waals surface area (Å²) in [6.07, 6.45) is 0. The molecule has 0 saturated carbocycles. The molecule has 23 heavy (non-hydrogen) atoms. The van der Waals surface area contributed by atoms with E-state index in [0.29, 0.717) is 10.4 Å². The van der Waals surface area contributed by atoms with Gasteiger partial charge in [0.2, 0.25) is 0 Å². The van der Waals surface area contributed by atoms with Crippen molar-refractivity contribution < 1.29 is 17.4 Å². The van der Waals surface area contributed by atoms with E-state index in [1.54, 1.807) is 30.3 Å². The summed E-state index contributed by atoms with van der Waals surface area (Å²) >= 11 is 1.34. The molecule has 0 N–H and O–H groups in total. The lowest BCUT2D eigenvalue weighted by Crippen LogP contribution is -2.15. The highest BCUT2D eigenvalue weighted by Gasteiger charge is 2.17. The van der Waals surface area contributed by atoms with E-state index >= 15 is 0 Å². The number of ketones is 1. The maximum Gasteiger partial charge on any atom is 0.271 e. The molecule has 3 rings (SSSR count). The van der Waals surface area contributed by atoms with Gasteiger partial charge in [0, 0.05) is 4.70 Å². The van der Waals surface area contributed by atoms with Gasteiger partial charge in [-0.25, -0.2) is 0 Å². The first-order valence-electron chi connectivity index (χ1n) is 6.96. The topological polar surface area (TPSA) is 60.4 Å². The number of rotatable bonds is 6. The second-order valence-corrected chi connectivity index (χ2v) is 7.74. The van der Waals surface area contributed by atoms with Crippen LogP contribution in [0, 0.1) is 0 Å². The van der Waals surface area contributed by atoms with Crippen LogP contribution in [-0.2, 0) is 20.1 Å². The molecule has 0 bridgehead atoms. The fourth-order valence-electron chi connectivity index (χ4n) is 2.15. The minimum absolute atomic E-state index is 0.243. The van der Waals surface area contributed by atoms with Gasteiger partial charge in [-0.2, -0.15) is 8.42 Å². The quantitative estimate of drug-likeness (QED) is 0.505. The summed E-state index contributed by atoms with van der Waals surface area (Å²) in [4.78, 5) is 12.6. The summed E-state index contributed by atoms with van der Waals surface area (Å²) in [7, 11) is -3.78. The summed E-state index contributed by atoms with van der Waals surface area (Å²) in [6, 6.07) is 18.1. The van der Waals surface area contributed by atoms with Crippen LogP contribution in [-0.4, -0.2) is 20.8 Å². The molecule has 0 aliphatic carbocycles. The second kappa shape index (κ2) is 6.62. The minimum Gasteiger partial charge on any atom is -0.291 e. The first-order valence-corrected chi connectivity index (χ1v) is 9.36. The van der Waals surface area contributed by atoms with Gasteiger partial charge < -0.3 is 0 Å². The largest absolute Gasteiger partial charge is 0.291 e. The molecule has 118 valence electrons. The van der Waals surface area contributed by atoms with Crippen molar-refractivity contribution in [2.24, 2.45) is 0 Å². The van der Waals surface area contributed by atoms with Crippen molar-refractivity contribution in [1.29, 1.82) is 0 Å². The average Bonchev–Trinajstić information content (AvgIpc) is 2.97. The van der Waals surface area contributed by atoms with Crippen LogP contribution < -0.4 is 0 Å². The zero-order chi connectivity index (χ0) is 16.3. The Morgan fingerprint density at radius 2 is 1.70 bits per heavy atom. The highest BCUT2D eigenvalue weighted by atomic mass is 32.2. The summed E-state index contributed by atoms with van der Waals surface area (Å²) in [6.45, 7) is -0.470. The highest BCUT2D eigenvalue weighted by Crippen LogP contribution is 2.25. The molecule has 3 aromatic rings. The van der Waals surface area contributed by atoms with E-state index in [1.165, 1.54) is 11.3 Å². The standard InChI is InChI=1S/C17H14O4S2/c18-15(17-10-14-8-4-5-9-16(14)22-17)11-21-23(19,20)12-13-6-2-1-3-7-13/h1-10H,11-12H2. The zero-order valence-corrected chi connectivity index (χ0v) is 13.8. The molecule has 0 saturated heterocycles. The molecule has 0 aliphatic rings. The number of hydrogen-bond donors (Lipinski definition) is 0. The molecule has 0 radical (unpaired) electrons. The Morgan fingerprint density at radius 1 is 1.00 bits per heavy atom. The van der Waals surface area contributed by atoms with Gasteiger partial charge in [0.25, 0.3) is 10.1 Å².